The van der Waals surface area contributed by atoms with Crippen molar-refractivity contribution >= 4 is 17.5 Å². The molecule has 0 aliphatic rings. The van der Waals surface area contributed by atoms with E-state index in [1.807, 2.05) is 6.92 Å². The lowest BCUT2D eigenvalue weighted by atomic mass is 10.5. The second-order valence-electron chi connectivity index (χ2n) is 2.54. The molecular weight excluding hydrogens is 216 g/mol. The minimum atomic E-state index is 0.0941. The zero-order valence-electron chi connectivity index (χ0n) is 8.33. The molecule has 0 aliphatic carbocycles. The minimum absolute atomic E-state index is 0.0941. The Labute approximate surface area is 93.2 Å². The molecule has 0 spiro atoms. The van der Waals surface area contributed by atoms with E-state index in [0.717, 1.165) is 0 Å². The van der Waals surface area contributed by atoms with Gasteiger partial charge in [0.15, 0.2) is 0 Å². The maximum atomic E-state index is 5.68. The lowest BCUT2D eigenvalue weighted by molar-refractivity contribution is 0.300. The Kier molecular flexibility index (Phi) is 4.64. The van der Waals surface area contributed by atoms with E-state index in [9.17, 15) is 0 Å². The van der Waals surface area contributed by atoms with Crippen molar-refractivity contribution in [3.63, 3.8) is 0 Å². The molecule has 80 valence electrons. The zero-order valence-corrected chi connectivity index (χ0v) is 9.08. The highest BCUT2D eigenvalue weighted by Crippen LogP contribution is 2.11. The van der Waals surface area contributed by atoms with Gasteiger partial charge >= 0.3 is 6.01 Å². The average Bonchev–Trinajstić information content (AvgIpc) is 2.18. The van der Waals surface area contributed by atoms with Crippen LogP contribution in [0.3, 0.4) is 0 Å². The third-order valence-electron chi connectivity index (χ3n) is 1.40. The summed E-state index contributed by atoms with van der Waals surface area (Å²) in [6.45, 7) is 2.99. The monoisotopic (exact) mass is 226 g/mol. The van der Waals surface area contributed by atoms with Gasteiger partial charge in [-0.25, -0.2) is 0 Å². The normalized spacial score (nSPS) is 9.40. The number of hydrogen-bond acceptors (Lipinski definition) is 5. The number of nitrogens with one attached hydrogen (secondary N) is 1. The third kappa shape index (κ3) is 4.00. The van der Waals surface area contributed by atoms with Crippen molar-refractivity contribution in [2.24, 2.45) is 0 Å². The van der Waals surface area contributed by atoms with Crippen LogP contribution in [0.15, 0.2) is 0 Å². The van der Waals surface area contributed by atoms with Gasteiger partial charge in [0.25, 0.3) is 0 Å². The molecule has 1 heterocycles. The van der Waals surface area contributed by atoms with Crippen molar-refractivity contribution in [3.05, 3.63) is 5.28 Å². The summed E-state index contributed by atoms with van der Waals surface area (Å²) in [4.78, 5) is 11.7. The Morgan fingerprint density at radius 2 is 2.27 bits per heavy atom. The van der Waals surface area contributed by atoms with E-state index in [1.165, 1.54) is 0 Å². The summed E-state index contributed by atoms with van der Waals surface area (Å²) in [6, 6.07) is 0.182. The quantitative estimate of drug-likeness (QED) is 0.607. The van der Waals surface area contributed by atoms with Gasteiger partial charge in [0.1, 0.15) is 6.61 Å². The van der Waals surface area contributed by atoms with Gasteiger partial charge < -0.3 is 10.1 Å². The molecule has 0 aromatic carbocycles. The smallest absolute Gasteiger partial charge is 0.322 e. The van der Waals surface area contributed by atoms with E-state index >= 15 is 0 Å². The molecule has 0 fully saturated rings. The summed E-state index contributed by atoms with van der Waals surface area (Å²) in [5.74, 6) is 2.84. The predicted molar refractivity (Wildman–Crippen MR) is 57.9 cm³/mol. The molecule has 0 saturated carbocycles. The molecule has 0 atom stereocenters. The van der Waals surface area contributed by atoms with E-state index in [1.54, 1.807) is 0 Å². The fourth-order valence-corrected chi connectivity index (χ4v) is 0.987. The minimum Gasteiger partial charge on any atom is -0.462 e. The van der Waals surface area contributed by atoms with E-state index < -0.39 is 0 Å². The van der Waals surface area contributed by atoms with Crippen molar-refractivity contribution < 1.29 is 4.74 Å². The molecule has 0 amide bonds. The predicted octanol–water partition coefficient (Wildman–Crippen LogP) is 1.36. The van der Waals surface area contributed by atoms with Crippen molar-refractivity contribution in [3.8, 4) is 18.4 Å². The first-order valence-corrected chi connectivity index (χ1v) is 4.85. The molecule has 1 aromatic heterocycles. The Hall–Kier alpha value is -1.54. The van der Waals surface area contributed by atoms with Crippen molar-refractivity contribution in [1.29, 1.82) is 0 Å². The topological polar surface area (TPSA) is 59.9 Å². The van der Waals surface area contributed by atoms with Gasteiger partial charge in [0, 0.05) is 13.0 Å². The van der Waals surface area contributed by atoms with Gasteiger partial charge in [-0.15, -0.1) is 12.3 Å². The highest BCUT2D eigenvalue weighted by atomic mass is 35.5. The molecule has 0 aliphatic heterocycles. The van der Waals surface area contributed by atoms with Gasteiger partial charge in [0.2, 0.25) is 11.2 Å². The van der Waals surface area contributed by atoms with E-state index in [0.29, 0.717) is 25.5 Å². The standard InChI is InChI=1S/C9H11ClN4O/c1-3-5-6-15-9-13-7(10)12-8(14-9)11-4-2/h1H,4-6H2,2H3,(H,11,12,13,14). The number of aromatic nitrogens is 3. The average molecular weight is 227 g/mol. The molecule has 0 saturated heterocycles. The van der Waals surface area contributed by atoms with Crippen LogP contribution in [0.1, 0.15) is 13.3 Å². The SMILES string of the molecule is C#CCCOc1nc(Cl)nc(NCC)n1. The van der Waals surface area contributed by atoms with Crippen LogP contribution in [0.25, 0.3) is 0 Å². The fourth-order valence-electron chi connectivity index (χ4n) is 0.835. The first-order chi connectivity index (χ1) is 7.26. The number of terminal acetylenes is 1. The van der Waals surface area contributed by atoms with Crippen LogP contribution >= 0.6 is 11.6 Å². The van der Waals surface area contributed by atoms with Crippen LogP contribution in [-0.4, -0.2) is 28.1 Å². The number of rotatable bonds is 5. The Bertz CT molecular complexity index is 364. The molecular formula is C9H11ClN4O. The van der Waals surface area contributed by atoms with E-state index in [2.05, 4.69) is 26.2 Å². The van der Waals surface area contributed by atoms with E-state index in [4.69, 9.17) is 22.8 Å². The highest BCUT2D eigenvalue weighted by molar-refractivity contribution is 6.28. The Morgan fingerprint density at radius 3 is 2.93 bits per heavy atom. The fraction of sp³-hybridized carbons (Fsp3) is 0.444. The largest absolute Gasteiger partial charge is 0.462 e. The lowest BCUT2D eigenvalue weighted by Gasteiger charge is -2.05. The van der Waals surface area contributed by atoms with Gasteiger partial charge in [-0.2, -0.15) is 15.0 Å². The molecule has 1 N–H and O–H groups in total. The summed E-state index contributed by atoms with van der Waals surface area (Å²) in [5.41, 5.74) is 0. The molecule has 1 rings (SSSR count). The van der Waals surface area contributed by atoms with Gasteiger partial charge in [-0.3, -0.25) is 0 Å². The van der Waals surface area contributed by atoms with Crippen molar-refractivity contribution in [2.45, 2.75) is 13.3 Å². The lowest BCUT2D eigenvalue weighted by Crippen LogP contribution is -2.07. The molecule has 1 aromatic rings. The summed E-state index contributed by atoms with van der Waals surface area (Å²) in [5, 5.41) is 3.01. The first-order valence-electron chi connectivity index (χ1n) is 4.48. The summed E-state index contributed by atoms with van der Waals surface area (Å²) >= 11 is 5.68. The van der Waals surface area contributed by atoms with Gasteiger partial charge in [0.05, 0.1) is 0 Å². The zero-order chi connectivity index (χ0) is 11.1. The first kappa shape index (κ1) is 11.5. The molecule has 5 nitrogen and oxygen atoms in total. The summed E-state index contributed by atoms with van der Waals surface area (Å²) < 4.78 is 5.19. The number of nitrogens with zero attached hydrogens (tertiary/aromatic N) is 3. The van der Waals surface area contributed by atoms with Crippen molar-refractivity contribution in [2.75, 3.05) is 18.5 Å². The summed E-state index contributed by atoms with van der Waals surface area (Å²) in [7, 11) is 0. The highest BCUT2D eigenvalue weighted by Gasteiger charge is 2.04. The van der Waals surface area contributed by atoms with Gasteiger partial charge in [-0.1, -0.05) is 0 Å². The maximum Gasteiger partial charge on any atom is 0.322 e. The number of ether oxygens (including phenoxy) is 1. The van der Waals surface area contributed by atoms with E-state index in [-0.39, 0.29) is 11.3 Å². The number of hydrogen-bond donors (Lipinski definition) is 1. The van der Waals surface area contributed by atoms with Gasteiger partial charge in [-0.05, 0) is 18.5 Å². The third-order valence-corrected chi connectivity index (χ3v) is 1.57. The van der Waals surface area contributed by atoms with Crippen LogP contribution in [0.2, 0.25) is 5.28 Å². The molecule has 0 radical (unpaired) electrons. The van der Waals surface area contributed by atoms with Crippen LogP contribution < -0.4 is 10.1 Å². The molecule has 0 bridgehead atoms. The number of anilines is 1. The Balaban J connectivity index is 2.67. The molecule has 15 heavy (non-hydrogen) atoms. The molecule has 0 unspecified atom stereocenters. The van der Waals surface area contributed by atoms with Crippen LogP contribution in [0, 0.1) is 12.3 Å². The second kappa shape index (κ2) is 6.04. The Morgan fingerprint density at radius 1 is 1.47 bits per heavy atom. The van der Waals surface area contributed by atoms with Crippen LogP contribution in [0.5, 0.6) is 6.01 Å². The summed E-state index contributed by atoms with van der Waals surface area (Å²) in [6.07, 6.45) is 5.58. The van der Waals surface area contributed by atoms with Crippen LogP contribution in [0.4, 0.5) is 5.95 Å². The van der Waals surface area contributed by atoms with Crippen LogP contribution in [-0.2, 0) is 0 Å². The second-order valence-corrected chi connectivity index (χ2v) is 2.88. The maximum absolute atomic E-state index is 5.68. The number of halogens is 1. The van der Waals surface area contributed by atoms with Crippen molar-refractivity contribution in [1.82, 2.24) is 15.0 Å². The molecule has 6 heteroatoms.